The normalized spacial score (nSPS) is 11.9. The lowest BCUT2D eigenvalue weighted by atomic mass is 10.1. The third-order valence-corrected chi connectivity index (χ3v) is 3.23. The second-order valence-electron chi connectivity index (χ2n) is 4.98. The fourth-order valence-electron chi connectivity index (χ4n) is 2.12. The first-order valence-corrected chi connectivity index (χ1v) is 6.89. The minimum absolute atomic E-state index is 0.0286. The van der Waals surface area contributed by atoms with Crippen molar-refractivity contribution in [2.24, 2.45) is 11.5 Å². The van der Waals surface area contributed by atoms with Crippen molar-refractivity contribution >= 4 is 11.7 Å². The molecule has 0 aliphatic carbocycles. The maximum atomic E-state index is 11.2. The standard InChI is InChI=1S/C16H20N4O/c1-11-9-13(16(18)21)10-15(20-11)19-8-7-14(17)12-5-3-2-4-6-12/h2-6,9-10,14H,7-8,17H2,1H3,(H2,18,21)(H,19,20). The number of hydrogen-bond donors (Lipinski definition) is 3. The Hall–Kier alpha value is -2.40. The summed E-state index contributed by atoms with van der Waals surface area (Å²) in [4.78, 5) is 15.5. The maximum Gasteiger partial charge on any atom is 0.248 e. The summed E-state index contributed by atoms with van der Waals surface area (Å²) in [6.07, 6.45) is 0.769. The molecule has 5 nitrogen and oxygen atoms in total. The number of pyridine rings is 1. The van der Waals surface area contributed by atoms with E-state index in [1.165, 1.54) is 0 Å². The highest BCUT2D eigenvalue weighted by molar-refractivity contribution is 5.93. The minimum atomic E-state index is -0.454. The van der Waals surface area contributed by atoms with Crippen LogP contribution >= 0.6 is 0 Å². The van der Waals surface area contributed by atoms with Crippen LogP contribution in [0.15, 0.2) is 42.5 Å². The van der Waals surface area contributed by atoms with E-state index in [2.05, 4.69) is 10.3 Å². The van der Waals surface area contributed by atoms with Gasteiger partial charge in [0.25, 0.3) is 0 Å². The van der Waals surface area contributed by atoms with Crippen molar-refractivity contribution in [1.82, 2.24) is 4.98 Å². The number of nitrogens with zero attached hydrogens (tertiary/aromatic N) is 1. The third kappa shape index (κ3) is 4.29. The Morgan fingerprint density at radius 2 is 2.00 bits per heavy atom. The second kappa shape index (κ2) is 6.85. The van der Waals surface area contributed by atoms with Crippen LogP contribution in [0.5, 0.6) is 0 Å². The number of anilines is 1. The molecule has 0 saturated heterocycles. The number of carbonyl (C=O) groups is 1. The number of primary amides is 1. The number of amides is 1. The summed E-state index contributed by atoms with van der Waals surface area (Å²) in [7, 11) is 0. The number of benzene rings is 1. The molecule has 1 heterocycles. The molecule has 0 aliphatic heterocycles. The number of aromatic nitrogens is 1. The molecule has 2 rings (SSSR count). The molecule has 0 saturated carbocycles. The molecule has 5 heteroatoms. The Kier molecular flexibility index (Phi) is 4.90. The molecule has 1 aromatic carbocycles. The van der Waals surface area contributed by atoms with Gasteiger partial charge in [-0.25, -0.2) is 4.98 Å². The number of carbonyl (C=O) groups excluding carboxylic acids is 1. The Morgan fingerprint density at radius 3 is 2.67 bits per heavy atom. The summed E-state index contributed by atoms with van der Waals surface area (Å²) in [5.74, 6) is 0.189. The molecule has 1 atom stereocenters. The summed E-state index contributed by atoms with van der Waals surface area (Å²) in [5, 5.41) is 3.18. The van der Waals surface area contributed by atoms with E-state index in [-0.39, 0.29) is 6.04 Å². The number of nitrogens with two attached hydrogens (primary N) is 2. The molecule has 0 radical (unpaired) electrons. The summed E-state index contributed by atoms with van der Waals surface area (Å²) in [5.41, 5.74) is 13.7. The molecule has 0 bridgehead atoms. The van der Waals surface area contributed by atoms with Crippen molar-refractivity contribution in [2.45, 2.75) is 19.4 Å². The van der Waals surface area contributed by atoms with Crippen LogP contribution in [0, 0.1) is 6.92 Å². The molecule has 0 aliphatic rings. The Labute approximate surface area is 124 Å². The van der Waals surface area contributed by atoms with Crippen molar-refractivity contribution in [3.05, 3.63) is 59.3 Å². The molecule has 5 N–H and O–H groups in total. The van der Waals surface area contributed by atoms with Gasteiger partial charge in [-0.15, -0.1) is 0 Å². The Morgan fingerprint density at radius 1 is 1.29 bits per heavy atom. The lowest BCUT2D eigenvalue weighted by Gasteiger charge is -2.13. The SMILES string of the molecule is Cc1cc(C(N)=O)cc(NCCC(N)c2ccccc2)n1. The molecule has 21 heavy (non-hydrogen) atoms. The van der Waals surface area contributed by atoms with E-state index in [4.69, 9.17) is 11.5 Å². The van der Waals surface area contributed by atoms with Gasteiger partial charge in [0.05, 0.1) is 0 Å². The summed E-state index contributed by atoms with van der Waals surface area (Å²) in [6.45, 7) is 2.50. The van der Waals surface area contributed by atoms with Crippen molar-refractivity contribution < 1.29 is 4.79 Å². The minimum Gasteiger partial charge on any atom is -0.370 e. The monoisotopic (exact) mass is 284 g/mol. The van der Waals surface area contributed by atoms with E-state index in [1.54, 1.807) is 12.1 Å². The topological polar surface area (TPSA) is 94.0 Å². The Balaban J connectivity index is 1.93. The first-order valence-electron chi connectivity index (χ1n) is 6.89. The van der Waals surface area contributed by atoms with E-state index < -0.39 is 5.91 Å². The van der Waals surface area contributed by atoms with Crippen LogP contribution < -0.4 is 16.8 Å². The largest absolute Gasteiger partial charge is 0.370 e. The highest BCUT2D eigenvalue weighted by Gasteiger charge is 2.07. The van der Waals surface area contributed by atoms with Gasteiger partial charge in [0, 0.05) is 23.8 Å². The number of hydrogen-bond acceptors (Lipinski definition) is 4. The lowest BCUT2D eigenvalue weighted by molar-refractivity contribution is 0.1000. The molecule has 0 fully saturated rings. The average molecular weight is 284 g/mol. The van der Waals surface area contributed by atoms with Crippen LogP contribution in [-0.4, -0.2) is 17.4 Å². The first kappa shape index (κ1) is 15.0. The number of aryl methyl sites for hydroxylation is 1. The molecule has 2 aromatic rings. The van der Waals surface area contributed by atoms with Crippen molar-refractivity contribution in [2.75, 3.05) is 11.9 Å². The number of rotatable bonds is 6. The highest BCUT2D eigenvalue weighted by atomic mass is 16.1. The predicted octanol–water partition coefficient (Wildman–Crippen LogP) is 1.99. The predicted molar refractivity (Wildman–Crippen MR) is 84.0 cm³/mol. The summed E-state index contributed by atoms with van der Waals surface area (Å²) < 4.78 is 0. The fraction of sp³-hybridized carbons (Fsp3) is 0.250. The van der Waals surface area contributed by atoms with Crippen molar-refractivity contribution in [3.63, 3.8) is 0 Å². The Bertz CT molecular complexity index is 613. The summed E-state index contributed by atoms with van der Waals surface area (Å²) >= 11 is 0. The van der Waals surface area contributed by atoms with Crippen LogP contribution in [0.4, 0.5) is 5.82 Å². The molecule has 0 spiro atoms. The lowest BCUT2D eigenvalue weighted by Crippen LogP contribution is -2.16. The van der Waals surface area contributed by atoms with Gasteiger partial charge in [-0.3, -0.25) is 4.79 Å². The third-order valence-electron chi connectivity index (χ3n) is 3.23. The molecule has 1 amide bonds. The van der Waals surface area contributed by atoms with Crippen LogP contribution in [-0.2, 0) is 0 Å². The van der Waals surface area contributed by atoms with E-state index >= 15 is 0 Å². The molecular weight excluding hydrogens is 264 g/mol. The van der Waals surface area contributed by atoms with Gasteiger partial charge in [0.1, 0.15) is 5.82 Å². The van der Waals surface area contributed by atoms with Gasteiger partial charge in [-0.1, -0.05) is 30.3 Å². The van der Waals surface area contributed by atoms with E-state index in [0.717, 1.165) is 17.7 Å². The second-order valence-corrected chi connectivity index (χ2v) is 4.98. The van der Waals surface area contributed by atoms with E-state index in [0.29, 0.717) is 17.9 Å². The van der Waals surface area contributed by atoms with Crippen molar-refractivity contribution in [1.29, 1.82) is 0 Å². The van der Waals surface area contributed by atoms with E-state index in [9.17, 15) is 4.79 Å². The van der Waals surface area contributed by atoms with Gasteiger partial charge in [0.2, 0.25) is 5.91 Å². The van der Waals surface area contributed by atoms with Crippen LogP contribution in [0.3, 0.4) is 0 Å². The zero-order chi connectivity index (χ0) is 15.2. The summed E-state index contributed by atoms with van der Waals surface area (Å²) in [6, 6.07) is 13.2. The van der Waals surface area contributed by atoms with Crippen LogP contribution in [0.2, 0.25) is 0 Å². The van der Waals surface area contributed by atoms with Crippen LogP contribution in [0.1, 0.15) is 34.1 Å². The van der Waals surface area contributed by atoms with Gasteiger partial charge >= 0.3 is 0 Å². The van der Waals surface area contributed by atoms with Crippen LogP contribution in [0.25, 0.3) is 0 Å². The molecular formula is C16H20N4O. The zero-order valence-corrected chi connectivity index (χ0v) is 12.0. The molecule has 1 aromatic heterocycles. The fourth-order valence-corrected chi connectivity index (χ4v) is 2.12. The highest BCUT2D eigenvalue weighted by Crippen LogP contribution is 2.14. The smallest absolute Gasteiger partial charge is 0.248 e. The van der Waals surface area contributed by atoms with Gasteiger partial charge in [-0.05, 0) is 31.0 Å². The quantitative estimate of drug-likeness (QED) is 0.756. The van der Waals surface area contributed by atoms with Gasteiger partial charge in [0.15, 0.2) is 0 Å². The maximum absolute atomic E-state index is 11.2. The molecule has 1 unspecified atom stereocenters. The van der Waals surface area contributed by atoms with E-state index in [1.807, 2.05) is 37.3 Å². The van der Waals surface area contributed by atoms with Crippen molar-refractivity contribution in [3.8, 4) is 0 Å². The van der Waals surface area contributed by atoms with Gasteiger partial charge < -0.3 is 16.8 Å². The zero-order valence-electron chi connectivity index (χ0n) is 12.0. The van der Waals surface area contributed by atoms with Gasteiger partial charge in [-0.2, -0.15) is 0 Å². The average Bonchev–Trinajstić information content (AvgIpc) is 2.47. The molecule has 110 valence electrons. The number of nitrogens with one attached hydrogen (secondary N) is 1. The first-order chi connectivity index (χ1) is 10.1.